The van der Waals surface area contributed by atoms with Gasteiger partial charge in [-0.3, -0.25) is 0 Å². The minimum atomic E-state index is -0.850. The molecule has 0 spiro atoms. The van der Waals surface area contributed by atoms with Crippen LogP contribution in [0, 0.1) is 11.6 Å². The fourth-order valence-corrected chi connectivity index (χ4v) is 2.91. The molecule has 0 amide bonds. The van der Waals surface area contributed by atoms with Gasteiger partial charge in [-0.25, -0.2) is 8.78 Å². The Kier molecular flexibility index (Phi) is 3.94. The number of halogens is 2. The molecular weight excluding hydrogens is 292 g/mol. The molecule has 1 aromatic heterocycles. The van der Waals surface area contributed by atoms with E-state index < -0.39 is 11.6 Å². The lowest BCUT2D eigenvalue weighted by molar-refractivity contribution is 0.505. The summed E-state index contributed by atoms with van der Waals surface area (Å²) in [5.74, 6) is -0.491. The topological polar surface area (TPSA) is 39.2 Å². The van der Waals surface area contributed by atoms with Crippen LogP contribution in [0.15, 0.2) is 57.8 Å². The molecule has 0 radical (unpaired) electrons. The van der Waals surface area contributed by atoms with Crippen molar-refractivity contribution in [3.05, 3.63) is 65.9 Å². The van der Waals surface area contributed by atoms with Crippen LogP contribution < -0.4 is 5.73 Å². The van der Waals surface area contributed by atoms with Gasteiger partial charge >= 0.3 is 0 Å². The Balaban J connectivity index is 1.70. The Morgan fingerprint density at radius 1 is 1.05 bits per heavy atom. The van der Waals surface area contributed by atoms with Gasteiger partial charge in [0, 0.05) is 16.0 Å². The molecule has 0 bridgehead atoms. The second kappa shape index (κ2) is 5.87. The summed E-state index contributed by atoms with van der Waals surface area (Å²) >= 11 is 1.36. The molecule has 0 saturated heterocycles. The van der Waals surface area contributed by atoms with Gasteiger partial charge in [-0.1, -0.05) is 18.2 Å². The van der Waals surface area contributed by atoms with Crippen LogP contribution in [0.4, 0.5) is 8.78 Å². The van der Waals surface area contributed by atoms with Crippen LogP contribution in [-0.4, -0.2) is 5.75 Å². The van der Waals surface area contributed by atoms with Gasteiger partial charge in [0.05, 0.1) is 6.04 Å². The van der Waals surface area contributed by atoms with Crippen molar-refractivity contribution in [3.8, 4) is 0 Å². The highest BCUT2D eigenvalue weighted by atomic mass is 32.2. The Morgan fingerprint density at radius 2 is 1.86 bits per heavy atom. The Morgan fingerprint density at radius 3 is 2.62 bits per heavy atom. The summed E-state index contributed by atoms with van der Waals surface area (Å²) in [7, 11) is 0. The summed E-state index contributed by atoms with van der Waals surface area (Å²) in [6.45, 7) is 0. The first-order chi connectivity index (χ1) is 10.1. The van der Waals surface area contributed by atoms with Gasteiger partial charge < -0.3 is 10.2 Å². The normalized spacial score (nSPS) is 12.7. The van der Waals surface area contributed by atoms with Crippen LogP contribution in [0.1, 0.15) is 11.8 Å². The van der Waals surface area contributed by atoms with Crippen LogP contribution >= 0.6 is 11.8 Å². The van der Waals surface area contributed by atoms with E-state index >= 15 is 0 Å². The quantitative estimate of drug-likeness (QED) is 0.721. The first-order valence-electron chi connectivity index (χ1n) is 6.45. The highest BCUT2D eigenvalue weighted by Gasteiger charge is 2.13. The molecular formula is C16H13F2NOS. The predicted octanol–water partition coefficient (Wildman–Crippen LogP) is 4.50. The molecule has 0 aliphatic carbocycles. The van der Waals surface area contributed by atoms with Crippen molar-refractivity contribution in [2.24, 2.45) is 5.73 Å². The third kappa shape index (κ3) is 3.09. The largest absolute Gasteiger partial charge is 0.459 e. The number of nitrogens with two attached hydrogens (primary N) is 1. The number of thioether (sulfide) groups is 1. The highest BCUT2D eigenvalue weighted by Crippen LogP contribution is 2.28. The van der Waals surface area contributed by atoms with E-state index in [9.17, 15) is 8.78 Å². The van der Waals surface area contributed by atoms with Crippen LogP contribution in [0.3, 0.4) is 0 Å². The molecule has 1 atom stereocenters. The molecule has 3 aromatic rings. The summed E-state index contributed by atoms with van der Waals surface area (Å²) in [6, 6.07) is 13.1. The number of benzene rings is 2. The summed E-state index contributed by atoms with van der Waals surface area (Å²) < 4.78 is 31.7. The fraction of sp³-hybridized carbons (Fsp3) is 0.125. The van der Waals surface area contributed by atoms with Gasteiger partial charge in [-0.05, 0) is 30.3 Å². The Bertz CT molecular complexity index is 739. The van der Waals surface area contributed by atoms with E-state index in [1.807, 2.05) is 30.3 Å². The van der Waals surface area contributed by atoms with Crippen LogP contribution in [0.2, 0.25) is 0 Å². The molecule has 108 valence electrons. The van der Waals surface area contributed by atoms with Gasteiger partial charge in [-0.15, -0.1) is 11.8 Å². The van der Waals surface area contributed by atoms with Crippen molar-refractivity contribution < 1.29 is 13.2 Å². The van der Waals surface area contributed by atoms with Crippen molar-refractivity contribution in [1.29, 1.82) is 0 Å². The van der Waals surface area contributed by atoms with Gasteiger partial charge in [0.1, 0.15) is 11.3 Å². The SMILES string of the molecule is NC(CSc1ccc(F)c(F)c1)c1cc2ccccc2o1. The molecule has 0 saturated carbocycles. The maximum atomic E-state index is 13.1. The summed E-state index contributed by atoms with van der Waals surface area (Å²) in [4.78, 5) is 0.639. The predicted molar refractivity (Wildman–Crippen MR) is 80.2 cm³/mol. The van der Waals surface area contributed by atoms with Gasteiger partial charge in [0.15, 0.2) is 11.6 Å². The van der Waals surface area contributed by atoms with Crippen LogP contribution in [0.5, 0.6) is 0 Å². The third-order valence-corrected chi connectivity index (χ3v) is 4.24. The van der Waals surface area contributed by atoms with E-state index in [2.05, 4.69) is 0 Å². The van der Waals surface area contributed by atoms with E-state index in [0.29, 0.717) is 16.4 Å². The lowest BCUT2D eigenvalue weighted by atomic mass is 10.2. The van der Waals surface area contributed by atoms with Crippen molar-refractivity contribution >= 4 is 22.7 Å². The maximum absolute atomic E-state index is 13.1. The van der Waals surface area contributed by atoms with E-state index in [1.165, 1.54) is 23.9 Å². The summed E-state index contributed by atoms with van der Waals surface area (Å²) in [5.41, 5.74) is 6.88. The zero-order chi connectivity index (χ0) is 14.8. The number of hydrogen-bond donors (Lipinski definition) is 1. The summed E-state index contributed by atoms with van der Waals surface area (Å²) in [5, 5.41) is 1.00. The van der Waals surface area contributed by atoms with E-state index in [0.717, 1.165) is 17.0 Å². The average Bonchev–Trinajstić information content (AvgIpc) is 2.92. The second-order valence-electron chi connectivity index (χ2n) is 4.68. The molecule has 0 aliphatic heterocycles. The van der Waals surface area contributed by atoms with E-state index in [4.69, 9.17) is 10.2 Å². The number of rotatable bonds is 4. The number of para-hydroxylation sites is 1. The van der Waals surface area contributed by atoms with Crippen molar-refractivity contribution in [2.45, 2.75) is 10.9 Å². The zero-order valence-electron chi connectivity index (χ0n) is 11.1. The number of hydrogen-bond acceptors (Lipinski definition) is 3. The second-order valence-corrected chi connectivity index (χ2v) is 5.77. The zero-order valence-corrected chi connectivity index (χ0v) is 11.9. The van der Waals surface area contributed by atoms with Gasteiger partial charge in [0.2, 0.25) is 0 Å². The molecule has 2 aromatic carbocycles. The maximum Gasteiger partial charge on any atom is 0.159 e. The van der Waals surface area contributed by atoms with Gasteiger partial charge in [-0.2, -0.15) is 0 Å². The van der Waals surface area contributed by atoms with Crippen molar-refractivity contribution in [2.75, 3.05) is 5.75 Å². The molecule has 0 fully saturated rings. The number of fused-ring (bicyclic) bond motifs is 1. The fourth-order valence-electron chi connectivity index (χ4n) is 2.02. The monoisotopic (exact) mass is 305 g/mol. The third-order valence-electron chi connectivity index (χ3n) is 3.13. The summed E-state index contributed by atoms with van der Waals surface area (Å²) in [6.07, 6.45) is 0. The Labute approximate surface area is 124 Å². The Hall–Kier alpha value is -1.85. The average molecular weight is 305 g/mol. The van der Waals surface area contributed by atoms with Gasteiger partial charge in [0.25, 0.3) is 0 Å². The first kappa shape index (κ1) is 14.1. The minimum Gasteiger partial charge on any atom is -0.459 e. The van der Waals surface area contributed by atoms with Crippen molar-refractivity contribution in [3.63, 3.8) is 0 Å². The van der Waals surface area contributed by atoms with Crippen LogP contribution in [0.25, 0.3) is 11.0 Å². The number of furan rings is 1. The molecule has 2 N–H and O–H groups in total. The highest BCUT2D eigenvalue weighted by molar-refractivity contribution is 7.99. The van der Waals surface area contributed by atoms with Crippen LogP contribution in [-0.2, 0) is 0 Å². The molecule has 21 heavy (non-hydrogen) atoms. The van der Waals surface area contributed by atoms with E-state index in [1.54, 1.807) is 0 Å². The molecule has 3 rings (SSSR count). The molecule has 2 nitrogen and oxygen atoms in total. The molecule has 1 unspecified atom stereocenters. The smallest absolute Gasteiger partial charge is 0.159 e. The molecule has 5 heteroatoms. The minimum absolute atomic E-state index is 0.310. The lowest BCUT2D eigenvalue weighted by Gasteiger charge is -2.08. The standard InChI is InChI=1S/C16H13F2NOS/c17-12-6-5-11(8-13(12)18)21-9-14(19)16-7-10-3-1-2-4-15(10)20-16/h1-8,14H,9,19H2. The molecule has 1 heterocycles. The molecule has 0 aliphatic rings. The lowest BCUT2D eigenvalue weighted by Crippen LogP contribution is -2.11. The van der Waals surface area contributed by atoms with E-state index in [-0.39, 0.29) is 6.04 Å². The van der Waals surface area contributed by atoms with Crippen molar-refractivity contribution in [1.82, 2.24) is 0 Å². The first-order valence-corrected chi connectivity index (χ1v) is 7.44.